The maximum atomic E-state index is 5.92. The summed E-state index contributed by atoms with van der Waals surface area (Å²) in [7, 11) is 0. The van der Waals surface area contributed by atoms with Crippen LogP contribution >= 0.6 is 11.6 Å². The van der Waals surface area contributed by atoms with Gasteiger partial charge in [0.05, 0.1) is 0 Å². The Morgan fingerprint density at radius 3 is 2.62 bits per heavy atom. The molecule has 1 atom stereocenters. The summed E-state index contributed by atoms with van der Waals surface area (Å²) in [4.78, 5) is 2.27. The summed E-state index contributed by atoms with van der Waals surface area (Å²) in [5, 5.41) is 7.88. The van der Waals surface area contributed by atoms with E-state index in [9.17, 15) is 0 Å². The molecule has 0 aliphatic heterocycles. The molecule has 2 fully saturated rings. The lowest BCUT2D eigenvalue weighted by Gasteiger charge is -2.18. The molecule has 0 bridgehead atoms. The SMILES string of the molecule is CC(Cl)c1nnc(N(CC2CC2)C2CC2)o1. The van der Waals surface area contributed by atoms with E-state index in [-0.39, 0.29) is 5.38 Å². The molecule has 88 valence electrons. The van der Waals surface area contributed by atoms with Gasteiger partial charge in [0.25, 0.3) is 0 Å². The maximum Gasteiger partial charge on any atom is 0.318 e. The van der Waals surface area contributed by atoms with Gasteiger partial charge in [-0.2, -0.15) is 0 Å². The van der Waals surface area contributed by atoms with Crippen molar-refractivity contribution >= 4 is 17.6 Å². The van der Waals surface area contributed by atoms with Crippen LogP contribution in [0.5, 0.6) is 0 Å². The number of hydrogen-bond donors (Lipinski definition) is 0. The first kappa shape index (κ1) is 10.4. The third kappa shape index (κ3) is 2.17. The van der Waals surface area contributed by atoms with Gasteiger partial charge in [-0.15, -0.1) is 16.7 Å². The van der Waals surface area contributed by atoms with Gasteiger partial charge in [-0.05, 0) is 38.5 Å². The van der Waals surface area contributed by atoms with Crippen molar-refractivity contribution in [3.8, 4) is 0 Å². The quantitative estimate of drug-likeness (QED) is 0.744. The third-order valence-electron chi connectivity index (χ3n) is 3.16. The molecule has 3 rings (SSSR count). The highest BCUT2D eigenvalue weighted by molar-refractivity contribution is 6.20. The molecule has 0 radical (unpaired) electrons. The fourth-order valence-electron chi connectivity index (χ4n) is 1.85. The van der Waals surface area contributed by atoms with Crippen LogP contribution < -0.4 is 4.90 Å². The highest BCUT2D eigenvalue weighted by Gasteiger charge is 2.36. The molecule has 0 spiro atoms. The lowest BCUT2D eigenvalue weighted by molar-refractivity contribution is 0.477. The molecular weight excluding hydrogens is 226 g/mol. The third-order valence-corrected chi connectivity index (χ3v) is 3.34. The van der Waals surface area contributed by atoms with Crippen molar-refractivity contribution < 1.29 is 4.42 Å². The van der Waals surface area contributed by atoms with Gasteiger partial charge in [-0.25, -0.2) is 0 Å². The molecule has 1 heterocycles. The average molecular weight is 242 g/mol. The van der Waals surface area contributed by atoms with E-state index in [2.05, 4.69) is 15.1 Å². The van der Waals surface area contributed by atoms with Gasteiger partial charge < -0.3 is 9.32 Å². The second-order valence-electron chi connectivity index (χ2n) is 4.87. The normalized spacial score (nSPS) is 22.1. The van der Waals surface area contributed by atoms with Crippen molar-refractivity contribution in [1.82, 2.24) is 10.2 Å². The summed E-state index contributed by atoms with van der Waals surface area (Å²) >= 11 is 5.92. The molecule has 2 aliphatic rings. The Hall–Kier alpha value is -0.770. The summed E-state index contributed by atoms with van der Waals surface area (Å²) in [5.41, 5.74) is 0. The van der Waals surface area contributed by atoms with Crippen LogP contribution in [-0.2, 0) is 0 Å². The summed E-state index contributed by atoms with van der Waals surface area (Å²) in [6.07, 6.45) is 5.19. The van der Waals surface area contributed by atoms with Crippen molar-refractivity contribution in [3.05, 3.63) is 5.89 Å². The molecule has 2 saturated carbocycles. The molecule has 2 aliphatic carbocycles. The van der Waals surface area contributed by atoms with Gasteiger partial charge >= 0.3 is 6.01 Å². The molecule has 1 unspecified atom stereocenters. The first-order valence-corrected chi connectivity index (χ1v) is 6.42. The van der Waals surface area contributed by atoms with Gasteiger partial charge in [0.1, 0.15) is 5.38 Å². The van der Waals surface area contributed by atoms with Crippen molar-refractivity contribution in [2.45, 2.75) is 44.0 Å². The molecule has 1 aromatic heterocycles. The monoisotopic (exact) mass is 241 g/mol. The fourth-order valence-corrected chi connectivity index (χ4v) is 1.94. The Morgan fingerprint density at radius 2 is 2.12 bits per heavy atom. The van der Waals surface area contributed by atoms with E-state index in [4.69, 9.17) is 16.0 Å². The number of halogens is 1. The molecule has 4 nitrogen and oxygen atoms in total. The summed E-state index contributed by atoms with van der Waals surface area (Å²) in [6, 6.07) is 1.29. The van der Waals surface area contributed by atoms with E-state index in [0.717, 1.165) is 12.5 Å². The average Bonchev–Trinajstić information content (AvgIpc) is 3.14. The van der Waals surface area contributed by atoms with E-state index in [1.54, 1.807) is 0 Å². The molecular formula is C11H16ClN3O. The van der Waals surface area contributed by atoms with E-state index in [0.29, 0.717) is 17.9 Å². The van der Waals surface area contributed by atoms with Crippen LogP contribution in [0.15, 0.2) is 4.42 Å². The molecule has 0 N–H and O–H groups in total. The first-order valence-electron chi connectivity index (χ1n) is 5.98. The summed E-state index contributed by atoms with van der Waals surface area (Å²) < 4.78 is 5.61. The minimum atomic E-state index is -0.205. The zero-order chi connectivity index (χ0) is 11.1. The smallest absolute Gasteiger partial charge is 0.318 e. The van der Waals surface area contributed by atoms with Crippen molar-refractivity contribution in [1.29, 1.82) is 0 Å². The number of nitrogens with zero attached hydrogens (tertiary/aromatic N) is 3. The van der Waals surface area contributed by atoms with Gasteiger partial charge in [0, 0.05) is 12.6 Å². The first-order chi connectivity index (χ1) is 7.74. The van der Waals surface area contributed by atoms with E-state index in [1.165, 1.54) is 25.7 Å². The van der Waals surface area contributed by atoms with E-state index >= 15 is 0 Å². The molecule has 16 heavy (non-hydrogen) atoms. The van der Waals surface area contributed by atoms with Crippen molar-refractivity contribution in [3.63, 3.8) is 0 Å². The van der Waals surface area contributed by atoms with Crippen LogP contribution in [0, 0.1) is 5.92 Å². The molecule has 0 amide bonds. The maximum absolute atomic E-state index is 5.92. The van der Waals surface area contributed by atoms with Crippen LogP contribution in [0.1, 0.15) is 43.9 Å². The molecule has 0 saturated heterocycles. The Morgan fingerprint density at radius 1 is 1.38 bits per heavy atom. The van der Waals surface area contributed by atoms with E-state index < -0.39 is 0 Å². The lowest BCUT2D eigenvalue weighted by atomic mass is 10.4. The minimum Gasteiger partial charge on any atom is -0.406 e. The topological polar surface area (TPSA) is 42.2 Å². The Bertz CT molecular complexity index is 371. The predicted molar refractivity (Wildman–Crippen MR) is 61.7 cm³/mol. The molecule has 1 aromatic rings. The Kier molecular flexibility index (Phi) is 2.54. The highest BCUT2D eigenvalue weighted by atomic mass is 35.5. The zero-order valence-corrected chi connectivity index (χ0v) is 10.2. The van der Waals surface area contributed by atoms with Crippen LogP contribution in [-0.4, -0.2) is 22.8 Å². The number of aromatic nitrogens is 2. The summed E-state index contributed by atoms with van der Waals surface area (Å²) in [5.74, 6) is 1.36. The zero-order valence-electron chi connectivity index (χ0n) is 9.40. The number of rotatable bonds is 5. The molecule has 5 heteroatoms. The fraction of sp³-hybridized carbons (Fsp3) is 0.818. The number of hydrogen-bond acceptors (Lipinski definition) is 4. The van der Waals surface area contributed by atoms with E-state index in [1.807, 2.05) is 6.92 Å². The standard InChI is InChI=1S/C11H16ClN3O/c1-7(12)10-13-14-11(16-10)15(9-4-5-9)6-8-2-3-8/h7-9H,2-6H2,1H3. The second kappa shape index (κ2) is 3.91. The van der Waals surface area contributed by atoms with Gasteiger partial charge in [0.2, 0.25) is 5.89 Å². The number of alkyl halides is 1. The number of anilines is 1. The van der Waals surface area contributed by atoms with Crippen LogP contribution in [0.25, 0.3) is 0 Å². The largest absolute Gasteiger partial charge is 0.406 e. The van der Waals surface area contributed by atoms with Crippen molar-refractivity contribution in [2.24, 2.45) is 5.92 Å². The summed E-state index contributed by atoms with van der Waals surface area (Å²) in [6.45, 7) is 2.92. The van der Waals surface area contributed by atoms with Crippen LogP contribution in [0.2, 0.25) is 0 Å². The Balaban J connectivity index is 1.75. The van der Waals surface area contributed by atoms with Gasteiger partial charge in [-0.3, -0.25) is 0 Å². The van der Waals surface area contributed by atoms with Crippen molar-refractivity contribution in [2.75, 3.05) is 11.4 Å². The highest BCUT2D eigenvalue weighted by Crippen LogP contribution is 2.37. The molecule has 0 aromatic carbocycles. The van der Waals surface area contributed by atoms with Gasteiger partial charge in [0.15, 0.2) is 0 Å². The minimum absolute atomic E-state index is 0.205. The van der Waals surface area contributed by atoms with Gasteiger partial charge in [-0.1, -0.05) is 5.10 Å². The van der Waals surface area contributed by atoms with Crippen LogP contribution in [0.4, 0.5) is 6.01 Å². The lowest BCUT2D eigenvalue weighted by Crippen LogP contribution is -2.28. The second-order valence-corrected chi connectivity index (χ2v) is 5.52. The van der Waals surface area contributed by atoms with Crippen LogP contribution in [0.3, 0.4) is 0 Å². The Labute approximate surface area is 100.0 Å². The predicted octanol–water partition coefficient (Wildman–Crippen LogP) is 2.75.